The Balaban J connectivity index is 1.97. The summed E-state index contributed by atoms with van der Waals surface area (Å²) in [5.41, 5.74) is 7.54. The standard InChI is InChI=1S/C16H24N4O/c1-2-3-4-8-11-20-16(15(12-17)18-19-20)13-21-14-9-6-5-7-10-14/h5-7,9-10H,2-4,8,11-13,17H2,1H3. The van der Waals surface area contributed by atoms with Crippen LogP contribution in [0.1, 0.15) is 44.0 Å². The zero-order valence-electron chi connectivity index (χ0n) is 12.7. The number of para-hydroxylation sites is 1. The predicted octanol–water partition coefficient (Wildman–Crippen LogP) is 2.90. The predicted molar refractivity (Wildman–Crippen MR) is 82.8 cm³/mol. The van der Waals surface area contributed by atoms with Crippen molar-refractivity contribution >= 4 is 0 Å². The Kier molecular flexibility index (Phi) is 6.22. The molecule has 1 aromatic heterocycles. The van der Waals surface area contributed by atoms with Crippen molar-refractivity contribution in [3.63, 3.8) is 0 Å². The molecule has 1 aromatic carbocycles. The molecule has 0 radical (unpaired) electrons. The van der Waals surface area contributed by atoms with Crippen molar-refractivity contribution in [1.82, 2.24) is 15.0 Å². The molecule has 2 aromatic rings. The monoisotopic (exact) mass is 288 g/mol. The fraction of sp³-hybridized carbons (Fsp3) is 0.500. The van der Waals surface area contributed by atoms with Gasteiger partial charge in [-0.15, -0.1) is 5.10 Å². The second kappa shape index (κ2) is 8.42. The number of benzene rings is 1. The summed E-state index contributed by atoms with van der Waals surface area (Å²) in [6, 6.07) is 9.77. The quantitative estimate of drug-likeness (QED) is 0.720. The highest BCUT2D eigenvalue weighted by atomic mass is 16.5. The van der Waals surface area contributed by atoms with Crippen molar-refractivity contribution in [2.24, 2.45) is 5.73 Å². The molecule has 0 fully saturated rings. The van der Waals surface area contributed by atoms with Gasteiger partial charge in [-0.3, -0.25) is 0 Å². The first-order chi connectivity index (χ1) is 10.3. The SMILES string of the molecule is CCCCCCn1nnc(CN)c1COc1ccccc1. The number of nitrogens with zero attached hydrogens (tertiary/aromatic N) is 3. The lowest BCUT2D eigenvalue weighted by Crippen LogP contribution is -2.11. The molecule has 114 valence electrons. The first-order valence-corrected chi connectivity index (χ1v) is 7.64. The van der Waals surface area contributed by atoms with Crippen LogP contribution in [-0.4, -0.2) is 15.0 Å². The van der Waals surface area contributed by atoms with Gasteiger partial charge in [-0.25, -0.2) is 4.68 Å². The van der Waals surface area contributed by atoms with Gasteiger partial charge in [0.2, 0.25) is 0 Å². The van der Waals surface area contributed by atoms with Gasteiger partial charge in [0.1, 0.15) is 23.7 Å². The summed E-state index contributed by atoms with van der Waals surface area (Å²) in [5, 5.41) is 8.36. The van der Waals surface area contributed by atoms with E-state index < -0.39 is 0 Å². The molecular weight excluding hydrogens is 264 g/mol. The smallest absolute Gasteiger partial charge is 0.132 e. The maximum Gasteiger partial charge on any atom is 0.132 e. The molecule has 5 heteroatoms. The molecule has 2 rings (SSSR count). The summed E-state index contributed by atoms with van der Waals surface area (Å²) in [4.78, 5) is 0. The number of nitrogens with two attached hydrogens (primary N) is 1. The number of unbranched alkanes of at least 4 members (excludes halogenated alkanes) is 3. The highest BCUT2D eigenvalue weighted by molar-refractivity contribution is 5.21. The van der Waals surface area contributed by atoms with Gasteiger partial charge in [-0.2, -0.15) is 0 Å². The van der Waals surface area contributed by atoms with Crippen molar-refractivity contribution in [2.75, 3.05) is 0 Å². The van der Waals surface area contributed by atoms with Gasteiger partial charge >= 0.3 is 0 Å². The van der Waals surface area contributed by atoms with Crippen LogP contribution in [-0.2, 0) is 19.7 Å². The third kappa shape index (κ3) is 4.56. The molecular formula is C16H24N4O. The second-order valence-corrected chi connectivity index (χ2v) is 5.07. The van der Waals surface area contributed by atoms with Gasteiger partial charge in [0.05, 0.1) is 0 Å². The number of hydrogen-bond donors (Lipinski definition) is 1. The van der Waals surface area contributed by atoms with Crippen LogP contribution in [0.2, 0.25) is 0 Å². The van der Waals surface area contributed by atoms with E-state index in [2.05, 4.69) is 17.2 Å². The largest absolute Gasteiger partial charge is 0.487 e. The van der Waals surface area contributed by atoms with Gasteiger partial charge in [-0.1, -0.05) is 49.6 Å². The molecule has 0 amide bonds. The Bertz CT molecular complexity index is 524. The number of aromatic nitrogens is 3. The normalized spacial score (nSPS) is 10.8. The Morgan fingerprint density at radius 3 is 2.67 bits per heavy atom. The van der Waals surface area contributed by atoms with Crippen LogP contribution < -0.4 is 10.5 Å². The molecule has 0 bridgehead atoms. The molecule has 2 N–H and O–H groups in total. The molecule has 0 spiro atoms. The van der Waals surface area contributed by atoms with E-state index in [1.807, 2.05) is 35.0 Å². The molecule has 0 aliphatic rings. The van der Waals surface area contributed by atoms with Gasteiger partial charge in [-0.05, 0) is 18.6 Å². The highest BCUT2D eigenvalue weighted by Gasteiger charge is 2.12. The van der Waals surface area contributed by atoms with E-state index in [9.17, 15) is 0 Å². The minimum Gasteiger partial charge on any atom is -0.487 e. The van der Waals surface area contributed by atoms with Crippen LogP contribution in [0.4, 0.5) is 0 Å². The minimum absolute atomic E-state index is 0.391. The zero-order valence-corrected chi connectivity index (χ0v) is 12.7. The van der Waals surface area contributed by atoms with Gasteiger partial charge < -0.3 is 10.5 Å². The van der Waals surface area contributed by atoms with Crippen molar-refractivity contribution in [3.05, 3.63) is 41.7 Å². The highest BCUT2D eigenvalue weighted by Crippen LogP contribution is 2.14. The van der Waals surface area contributed by atoms with E-state index in [0.29, 0.717) is 13.2 Å². The van der Waals surface area contributed by atoms with E-state index >= 15 is 0 Å². The maximum absolute atomic E-state index is 5.80. The van der Waals surface area contributed by atoms with Gasteiger partial charge in [0, 0.05) is 13.1 Å². The summed E-state index contributed by atoms with van der Waals surface area (Å²) >= 11 is 0. The molecule has 21 heavy (non-hydrogen) atoms. The lowest BCUT2D eigenvalue weighted by Gasteiger charge is -2.09. The summed E-state index contributed by atoms with van der Waals surface area (Å²) in [7, 11) is 0. The fourth-order valence-electron chi connectivity index (χ4n) is 2.22. The van der Waals surface area contributed by atoms with E-state index in [0.717, 1.165) is 30.1 Å². The topological polar surface area (TPSA) is 66.0 Å². The average molecular weight is 288 g/mol. The molecule has 1 heterocycles. The Labute approximate surface area is 126 Å². The van der Waals surface area contributed by atoms with Crippen LogP contribution in [0.15, 0.2) is 30.3 Å². The van der Waals surface area contributed by atoms with Crippen LogP contribution in [0, 0.1) is 0 Å². The molecule has 0 aliphatic heterocycles. The Hall–Kier alpha value is -1.88. The van der Waals surface area contributed by atoms with Crippen molar-refractivity contribution in [2.45, 2.75) is 52.3 Å². The Morgan fingerprint density at radius 1 is 1.14 bits per heavy atom. The zero-order chi connectivity index (χ0) is 14.9. The van der Waals surface area contributed by atoms with E-state index in [4.69, 9.17) is 10.5 Å². The first kappa shape index (κ1) is 15.5. The van der Waals surface area contributed by atoms with Crippen molar-refractivity contribution in [3.8, 4) is 5.75 Å². The third-order valence-electron chi connectivity index (χ3n) is 3.45. The fourth-order valence-corrected chi connectivity index (χ4v) is 2.22. The molecule has 0 aliphatic carbocycles. The lowest BCUT2D eigenvalue weighted by molar-refractivity contribution is 0.289. The third-order valence-corrected chi connectivity index (χ3v) is 3.45. The Morgan fingerprint density at radius 2 is 1.95 bits per heavy atom. The molecule has 0 saturated carbocycles. The average Bonchev–Trinajstić information content (AvgIpc) is 2.92. The minimum atomic E-state index is 0.391. The molecule has 0 unspecified atom stereocenters. The van der Waals surface area contributed by atoms with E-state index in [-0.39, 0.29) is 0 Å². The maximum atomic E-state index is 5.80. The van der Waals surface area contributed by atoms with Crippen LogP contribution in [0.25, 0.3) is 0 Å². The van der Waals surface area contributed by atoms with Crippen LogP contribution >= 0.6 is 0 Å². The summed E-state index contributed by atoms with van der Waals surface area (Å²) in [6.07, 6.45) is 4.82. The number of hydrogen-bond acceptors (Lipinski definition) is 4. The molecule has 0 atom stereocenters. The lowest BCUT2D eigenvalue weighted by atomic mass is 10.2. The van der Waals surface area contributed by atoms with Gasteiger partial charge in [0.25, 0.3) is 0 Å². The summed E-state index contributed by atoms with van der Waals surface area (Å²) in [6.45, 7) is 3.93. The second-order valence-electron chi connectivity index (χ2n) is 5.07. The molecule has 0 saturated heterocycles. The summed E-state index contributed by atoms with van der Waals surface area (Å²) in [5.74, 6) is 0.846. The van der Waals surface area contributed by atoms with Crippen LogP contribution in [0.5, 0.6) is 5.75 Å². The van der Waals surface area contributed by atoms with Gasteiger partial charge in [0.15, 0.2) is 0 Å². The summed E-state index contributed by atoms with van der Waals surface area (Å²) < 4.78 is 7.74. The van der Waals surface area contributed by atoms with E-state index in [1.165, 1.54) is 19.3 Å². The van der Waals surface area contributed by atoms with Crippen molar-refractivity contribution in [1.29, 1.82) is 0 Å². The number of rotatable bonds is 9. The van der Waals surface area contributed by atoms with Crippen LogP contribution in [0.3, 0.4) is 0 Å². The number of ether oxygens (including phenoxy) is 1. The van der Waals surface area contributed by atoms with E-state index in [1.54, 1.807) is 0 Å². The number of aryl methyl sites for hydroxylation is 1. The first-order valence-electron chi connectivity index (χ1n) is 7.64. The van der Waals surface area contributed by atoms with Crippen molar-refractivity contribution < 1.29 is 4.74 Å². The molecule has 5 nitrogen and oxygen atoms in total.